The van der Waals surface area contributed by atoms with Crippen molar-refractivity contribution in [2.75, 3.05) is 6.54 Å². The highest BCUT2D eigenvalue weighted by molar-refractivity contribution is 5.83. The summed E-state index contributed by atoms with van der Waals surface area (Å²) in [6.45, 7) is 5.27. The number of hydrogen-bond donors (Lipinski definition) is 3. The average molecular weight is 339 g/mol. The number of benzene rings is 1. The molecule has 0 aliphatic heterocycles. The summed E-state index contributed by atoms with van der Waals surface area (Å²) in [7, 11) is 0. The number of rotatable bonds is 5. The van der Waals surface area contributed by atoms with Gasteiger partial charge in [-0.3, -0.25) is 20.4 Å². The van der Waals surface area contributed by atoms with Crippen molar-refractivity contribution in [1.82, 2.24) is 16.2 Å². The normalized spacial score (nSPS) is 10.7. The molecule has 0 aliphatic carbocycles. The van der Waals surface area contributed by atoms with Gasteiger partial charge in [-0.15, -0.1) is 0 Å². The fourth-order valence-electron chi connectivity index (χ4n) is 1.63. The fourth-order valence-corrected chi connectivity index (χ4v) is 1.63. The lowest BCUT2D eigenvalue weighted by atomic mass is 10.1. The quantitative estimate of drug-likeness (QED) is 0.707. The van der Waals surface area contributed by atoms with E-state index in [0.29, 0.717) is 5.56 Å². The Hall–Kier alpha value is -2.64. The van der Waals surface area contributed by atoms with Gasteiger partial charge in [0.2, 0.25) is 11.8 Å². The average Bonchev–Trinajstić information content (AvgIpc) is 2.46. The summed E-state index contributed by atoms with van der Waals surface area (Å²) in [5.41, 5.74) is 4.49. The molecule has 0 bridgehead atoms. The van der Waals surface area contributed by atoms with E-state index in [2.05, 4.69) is 16.2 Å². The largest absolute Gasteiger partial charge is 0.444 e. The summed E-state index contributed by atoms with van der Waals surface area (Å²) in [5.74, 6) is -1.28. The smallest absolute Gasteiger partial charge is 0.407 e. The van der Waals surface area contributed by atoms with Crippen molar-refractivity contribution >= 4 is 17.9 Å². The minimum absolute atomic E-state index is 0.0106. The summed E-state index contributed by atoms with van der Waals surface area (Å²) in [6.07, 6.45) is -0.622. The minimum Gasteiger partial charge on any atom is -0.444 e. The van der Waals surface area contributed by atoms with Gasteiger partial charge in [-0.1, -0.05) is 12.1 Å². The lowest BCUT2D eigenvalue weighted by Gasteiger charge is -2.19. The molecule has 1 aromatic carbocycles. The van der Waals surface area contributed by atoms with Crippen molar-refractivity contribution in [3.8, 4) is 0 Å². The minimum atomic E-state index is -0.615. The number of amides is 3. The SMILES string of the molecule is CC(C)(C)OC(=O)NCCC(=O)NNC(=O)Cc1ccc(F)cc1. The Morgan fingerprint density at radius 1 is 1.04 bits per heavy atom. The van der Waals surface area contributed by atoms with E-state index in [-0.39, 0.29) is 25.2 Å². The molecule has 3 N–H and O–H groups in total. The van der Waals surface area contributed by atoms with Gasteiger partial charge in [0.25, 0.3) is 0 Å². The summed E-state index contributed by atoms with van der Waals surface area (Å²) < 4.78 is 17.8. The number of halogens is 1. The van der Waals surface area contributed by atoms with E-state index in [9.17, 15) is 18.8 Å². The van der Waals surface area contributed by atoms with Crippen LogP contribution in [0.4, 0.5) is 9.18 Å². The van der Waals surface area contributed by atoms with Crippen LogP contribution in [0.3, 0.4) is 0 Å². The number of carbonyl (C=O) groups excluding carboxylic acids is 3. The Bertz CT molecular complexity index is 582. The standard InChI is InChI=1S/C16H22FN3O4/c1-16(2,3)24-15(23)18-9-8-13(21)19-20-14(22)10-11-4-6-12(17)7-5-11/h4-7H,8-10H2,1-3H3,(H,18,23)(H,19,21)(H,20,22). The number of nitrogens with one attached hydrogen (secondary N) is 3. The van der Waals surface area contributed by atoms with Crippen LogP contribution in [0.1, 0.15) is 32.8 Å². The van der Waals surface area contributed by atoms with Gasteiger partial charge < -0.3 is 10.1 Å². The molecule has 0 radical (unpaired) electrons. The predicted octanol–water partition coefficient (Wildman–Crippen LogP) is 1.43. The maximum atomic E-state index is 12.7. The number of ether oxygens (including phenoxy) is 1. The Kier molecular flexibility index (Phi) is 7.16. The molecule has 0 saturated carbocycles. The second-order valence-electron chi connectivity index (χ2n) is 6.08. The van der Waals surface area contributed by atoms with Crippen LogP contribution in [-0.2, 0) is 20.7 Å². The first kappa shape index (κ1) is 19.4. The van der Waals surface area contributed by atoms with Crippen LogP contribution in [0, 0.1) is 5.82 Å². The molecule has 0 unspecified atom stereocenters. The molecular formula is C16H22FN3O4. The number of hydrazine groups is 1. The zero-order chi connectivity index (χ0) is 18.2. The van der Waals surface area contributed by atoms with Crippen LogP contribution in [0.15, 0.2) is 24.3 Å². The van der Waals surface area contributed by atoms with E-state index >= 15 is 0 Å². The van der Waals surface area contributed by atoms with Crippen LogP contribution < -0.4 is 16.2 Å². The summed E-state index contributed by atoms with van der Waals surface area (Å²) in [4.78, 5) is 34.5. The lowest BCUT2D eigenvalue weighted by Crippen LogP contribution is -2.43. The first-order valence-corrected chi connectivity index (χ1v) is 7.45. The van der Waals surface area contributed by atoms with E-state index in [4.69, 9.17) is 4.74 Å². The Morgan fingerprint density at radius 3 is 2.21 bits per heavy atom. The fraction of sp³-hybridized carbons (Fsp3) is 0.438. The van der Waals surface area contributed by atoms with Crippen molar-refractivity contribution in [3.05, 3.63) is 35.6 Å². The maximum absolute atomic E-state index is 12.7. The lowest BCUT2D eigenvalue weighted by molar-refractivity contribution is -0.128. The second kappa shape index (κ2) is 8.85. The number of hydrogen-bond acceptors (Lipinski definition) is 4. The third-order valence-electron chi connectivity index (χ3n) is 2.64. The third kappa shape index (κ3) is 8.72. The van der Waals surface area contributed by atoms with Gasteiger partial charge in [0.05, 0.1) is 6.42 Å². The van der Waals surface area contributed by atoms with Crippen LogP contribution in [0.2, 0.25) is 0 Å². The molecule has 132 valence electrons. The molecule has 8 heteroatoms. The summed E-state index contributed by atoms with van der Waals surface area (Å²) in [6, 6.07) is 5.48. The van der Waals surface area contributed by atoms with E-state index in [1.165, 1.54) is 24.3 Å². The van der Waals surface area contributed by atoms with Crippen LogP contribution in [0.5, 0.6) is 0 Å². The van der Waals surface area contributed by atoms with Crippen LogP contribution in [0.25, 0.3) is 0 Å². The van der Waals surface area contributed by atoms with Gasteiger partial charge in [0, 0.05) is 13.0 Å². The van der Waals surface area contributed by atoms with E-state index in [1.807, 2.05) is 0 Å². The molecule has 1 rings (SSSR count). The molecule has 0 atom stereocenters. The molecule has 0 fully saturated rings. The third-order valence-corrected chi connectivity index (χ3v) is 2.64. The van der Waals surface area contributed by atoms with E-state index in [0.717, 1.165) is 0 Å². The van der Waals surface area contributed by atoms with Gasteiger partial charge in [-0.25, -0.2) is 9.18 Å². The molecule has 0 saturated heterocycles. The zero-order valence-electron chi connectivity index (χ0n) is 13.9. The molecule has 0 heterocycles. The monoisotopic (exact) mass is 339 g/mol. The van der Waals surface area contributed by atoms with Gasteiger partial charge in [-0.05, 0) is 38.5 Å². The highest BCUT2D eigenvalue weighted by Crippen LogP contribution is 2.06. The van der Waals surface area contributed by atoms with Crippen molar-refractivity contribution in [2.24, 2.45) is 0 Å². The van der Waals surface area contributed by atoms with Crippen molar-refractivity contribution < 1.29 is 23.5 Å². The van der Waals surface area contributed by atoms with Gasteiger partial charge >= 0.3 is 6.09 Å². The number of carbonyl (C=O) groups is 3. The Labute approximate surface area is 139 Å². The number of alkyl carbamates (subject to hydrolysis) is 1. The highest BCUT2D eigenvalue weighted by atomic mass is 19.1. The van der Waals surface area contributed by atoms with Crippen molar-refractivity contribution in [1.29, 1.82) is 0 Å². The second-order valence-corrected chi connectivity index (χ2v) is 6.08. The van der Waals surface area contributed by atoms with Crippen LogP contribution >= 0.6 is 0 Å². The molecule has 0 aliphatic rings. The van der Waals surface area contributed by atoms with E-state index < -0.39 is 23.5 Å². The highest BCUT2D eigenvalue weighted by Gasteiger charge is 2.15. The molecule has 0 spiro atoms. The van der Waals surface area contributed by atoms with Crippen molar-refractivity contribution in [3.63, 3.8) is 0 Å². The summed E-state index contributed by atoms with van der Waals surface area (Å²) in [5, 5.41) is 2.43. The predicted molar refractivity (Wildman–Crippen MR) is 85.2 cm³/mol. The Morgan fingerprint density at radius 2 is 1.62 bits per heavy atom. The Balaban J connectivity index is 2.20. The van der Waals surface area contributed by atoms with Crippen LogP contribution in [-0.4, -0.2) is 30.1 Å². The molecule has 24 heavy (non-hydrogen) atoms. The molecule has 0 aromatic heterocycles. The first-order chi connectivity index (χ1) is 11.2. The zero-order valence-corrected chi connectivity index (χ0v) is 13.9. The summed E-state index contributed by atoms with van der Waals surface area (Å²) >= 11 is 0. The van der Waals surface area contributed by atoms with E-state index in [1.54, 1.807) is 20.8 Å². The van der Waals surface area contributed by atoms with Gasteiger partial charge in [0.15, 0.2) is 0 Å². The first-order valence-electron chi connectivity index (χ1n) is 7.45. The van der Waals surface area contributed by atoms with Gasteiger partial charge in [0.1, 0.15) is 11.4 Å². The molecule has 7 nitrogen and oxygen atoms in total. The topological polar surface area (TPSA) is 96.5 Å². The molecular weight excluding hydrogens is 317 g/mol. The van der Waals surface area contributed by atoms with Crippen molar-refractivity contribution in [2.45, 2.75) is 39.2 Å². The molecule has 3 amide bonds. The van der Waals surface area contributed by atoms with Gasteiger partial charge in [-0.2, -0.15) is 0 Å². The maximum Gasteiger partial charge on any atom is 0.407 e. The molecule has 1 aromatic rings.